The number of rotatable bonds is 9. The predicted molar refractivity (Wildman–Crippen MR) is 114 cm³/mol. The van der Waals surface area contributed by atoms with E-state index in [4.69, 9.17) is 14.2 Å². The van der Waals surface area contributed by atoms with E-state index >= 15 is 0 Å². The van der Waals surface area contributed by atoms with Crippen LogP contribution >= 0.6 is 0 Å². The van der Waals surface area contributed by atoms with Gasteiger partial charge in [0.15, 0.2) is 0 Å². The Morgan fingerprint density at radius 2 is 1.94 bits per heavy atom. The first-order valence-corrected chi connectivity index (χ1v) is 10.4. The minimum Gasteiger partial charge on any atom is -0.444 e. The number of nitrogens with one attached hydrogen (secondary N) is 3. The lowest BCUT2D eigenvalue weighted by atomic mass is 9.98. The van der Waals surface area contributed by atoms with Crippen molar-refractivity contribution in [2.45, 2.75) is 45.2 Å². The van der Waals surface area contributed by atoms with Gasteiger partial charge in [0.1, 0.15) is 17.4 Å². The molecule has 1 fully saturated rings. The number of anilines is 2. The van der Waals surface area contributed by atoms with Crippen LogP contribution in [0.4, 0.5) is 29.3 Å². The maximum atomic E-state index is 13.1. The molecule has 0 spiro atoms. The summed E-state index contributed by atoms with van der Waals surface area (Å²) in [6, 6.07) is 2.50. The van der Waals surface area contributed by atoms with Crippen LogP contribution in [-0.4, -0.2) is 63.5 Å². The van der Waals surface area contributed by atoms with E-state index in [1.807, 2.05) is 0 Å². The number of carbonyl (C=O) groups is 2. The standard InChI is InChI=1S/C21H30F3N3O6/c1-20(2,3)33-19(29)27-17(13-7-9-31-12-13)18(28)26-16-11-14(32-21(22,23)24)5-6-15(16)25-8-10-30-4/h5-6,11,13,17,25H,7-10,12H2,1-4H3,(H,26,28)(H,27,29). The lowest BCUT2D eigenvalue weighted by Gasteiger charge is -2.26. The van der Waals surface area contributed by atoms with Crippen LogP contribution in [0.1, 0.15) is 27.2 Å². The van der Waals surface area contributed by atoms with Crippen LogP contribution < -0.4 is 20.7 Å². The van der Waals surface area contributed by atoms with Crippen LogP contribution in [-0.2, 0) is 19.0 Å². The molecule has 1 aromatic rings. The summed E-state index contributed by atoms with van der Waals surface area (Å²) < 4.78 is 57.6. The van der Waals surface area contributed by atoms with Gasteiger partial charge in [0, 0.05) is 32.2 Å². The van der Waals surface area contributed by atoms with Crippen LogP contribution in [0, 0.1) is 5.92 Å². The number of carbonyl (C=O) groups excluding carboxylic acids is 2. The highest BCUT2D eigenvalue weighted by Gasteiger charge is 2.35. The number of amides is 2. The Labute approximate surface area is 190 Å². The van der Waals surface area contributed by atoms with Gasteiger partial charge in [0.25, 0.3) is 0 Å². The van der Waals surface area contributed by atoms with Gasteiger partial charge in [0.05, 0.1) is 24.6 Å². The smallest absolute Gasteiger partial charge is 0.444 e. The zero-order chi connectivity index (χ0) is 24.6. The van der Waals surface area contributed by atoms with Gasteiger partial charge in [0.2, 0.25) is 5.91 Å². The number of halogens is 3. The number of methoxy groups -OCH3 is 1. The molecule has 2 unspecified atom stereocenters. The van der Waals surface area contributed by atoms with Gasteiger partial charge in [-0.05, 0) is 39.3 Å². The molecule has 12 heteroatoms. The normalized spacial score (nSPS) is 17.2. The molecule has 0 bridgehead atoms. The second kappa shape index (κ2) is 11.4. The molecule has 1 heterocycles. The van der Waals surface area contributed by atoms with Crippen molar-refractivity contribution in [3.8, 4) is 5.75 Å². The fourth-order valence-corrected chi connectivity index (χ4v) is 3.12. The Bertz CT molecular complexity index is 807. The Kier molecular flexibility index (Phi) is 9.17. The third-order valence-electron chi connectivity index (χ3n) is 4.50. The molecule has 9 nitrogen and oxygen atoms in total. The third kappa shape index (κ3) is 9.34. The molecule has 0 aromatic heterocycles. The average molecular weight is 477 g/mol. The molecule has 2 amide bonds. The quantitative estimate of drug-likeness (QED) is 0.467. The second-order valence-electron chi connectivity index (χ2n) is 8.41. The molecule has 33 heavy (non-hydrogen) atoms. The van der Waals surface area contributed by atoms with E-state index in [1.165, 1.54) is 13.2 Å². The molecular formula is C21H30F3N3O6. The second-order valence-corrected chi connectivity index (χ2v) is 8.41. The molecule has 0 saturated carbocycles. The summed E-state index contributed by atoms with van der Waals surface area (Å²) in [5.41, 5.74) is -0.375. The predicted octanol–water partition coefficient (Wildman–Crippen LogP) is 3.51. The van der Waals surface area contributed by atoms with E-state index in [1.54, 1.807) is 20.8 Å². The lowest BCUT2D eigenvalue weighted by molar-refractivity contribution is -0.274. The monoisotopic (exact) mass is 477 g/mol. The first-order chi connectivity index (χ1) is 15.4. The summed E-state index contributed by atoms with van der Waals surface area (Å²) in [6.45, 7) is 6.39. The topological polar surface area (TPSA) is 107 Å². The zero-order valence-corrected chi connectivity index (χ0v) is 19.0. The van der Waals surface area contributed by atoms with Crippen molar-refractivity contribution < 1.29 is 41.7 Å². The number of benzene rings is 1. The summed E-state index contributed by atoms with van der Waals surface area (Å²) in [7, 11) is 1.50. The van der Waals surface area contributed by atoms with Gasteiger partial charge in [-0.2, -0.15) is 0 Å². The largest absolute Gasteiger partial charge is 0.573 e. The van der Waals surface area contributed by atoms with E-state index in [2.05, 4.69) is 20.7 Å². The molecule has 1 aromatic carbocycles. The Hall–Kier alpha value is -2.73. The van der Waals surface area contributed by atoms with Gasteiger partial charge < -0.3 is 34.9 Å². The van der Waals surface area contributed by atoms with Gasteiger partial charge >= 0.3 is 12.5 Å². The molecule has 2 atom stereocenters. The van der Waals surface area contributed by atoms with E-state index in [9.17, 15) is 22.8 Å². The summed E-state index contributed by atoms with van der Waals surface area (Å²) in [5.74, 6) is -1.47. The number of hydrogen-bond acceptors (Lipinski definition) is 7. The molecule has 2 rings (SSSR count). The lowest BCUT2D eigenvalue weighted by Crippen LogP contribution is -2.50. The van der Waals surface area contributed by atoms with Crippen molar-refractivity contribution in [3.63, 3.8) is 0 Å². The van der Waals surface area contributed by atoms with Gasteiger partial charge in [-0.25, -0.2) is 4.79 Å². The van der Waals surface area contributed by atoms with Crippen molar-refractivity contribution in [3.05, 3.63) is 18.2 Å². The Morgan fingerprint density at radius 1 is 1.21 bits per heavy atom. The van der Waals surface area contributed by atoms with Crippen LogP contribution in [0.5, 0.6) is 5.75 Å². The molecule has 0 aliphatic carbocycles. The highest BCUT2D eigenvalue weighted by Crippen LogP contribution is 2.31. The molecule has 186 valence electrons. The average Bonchev–Trinajstić information content (AvgIpc) is 3.19. The van der Waals surface area contributed by atoms with E-state index in [-0.39, 0.29) is 18.2 Å². The van der Waals surface area contributed by atoms with Crippen molar-refractivity contribution in [1.29, 1.82) is 0 Å². The number of hydrogen-bond donors (Lipinski definition) is 3. The molecule has 1 saturated heterocycles. The first kappa shape index (κ1) is 26.5. The van der Waals surface area contributed by atoms with E-state index in [0.717, 1.165) is 12.1 Å². The van der Waals surface area contributed by atoms with E-state index < -0.39 is 35.8 Å². The maximum absolute atomic E-state index is 13.1. The maximum Gasteiger partial charge on any atom is 0.573 e. The number of ether oxygens (including phenoxy) is 4. The van der Waals surface area contributed by atoms with Crippen LogP contribution in [0.3, 0.4) is 0 Å². The minimum atomic E-state index is -4.89. The number of alkyl halides is 3. The molecule has 1 aliphatic heterocycles. The Balaban J connectivity index is 2.25. The number of alkyl carbamates (subject to hydrolysis) is 1. The van der Waals surface area contributed by atoms with E-state index in [0.29, 0.717) is 31.9 Å². The Morgan fingerprint density at radius 3 is 2.52 bits per heavy atom. The van der Waals surface area contributed by atoms with Crippen LogP contribution in [0.15, 0.2) is 18.2 Å². The molecule has 0 radical (unpaired) electrons. The highest BCUT2D eigenvalue weighted by molar-refractivity contribution is 5.99. The highest BCUT2D eigenvalue weighted by atomic mass is 19.4. The van der Waals surface area contributed by atoms with Crippen molar-refractivity contribution >= 4 is 23.4 Å². The van der Waals surface area contributed by atoms with Crippen LogP contribution in [0.25, 0.3) is 0 Å². The van der Waals surface area contributed by atoms with Gasteiger partial charge in [-0.1, -0.05) is 0 Å². The molecule has 1 aliphatic rings. The first-order valence-electron chi connectivity index (χ1n) is 10.4. The summed E-state index contributed by atoms with van der Waals surface area (Å²) in [5, 5.41) is 8.13. The van der Waals surface area contributed by atoms with Crippen molar-refractivity contribution in [1.82, 2.24) is 5.32 Å². The minimum absolute atomic E-state index is 0.0488. The summed E-state index contributed by atoms with van der Waals surface area (Å²) in [6.07, 6.45) is -5.17. The SMILES string of the molecule is COCCNc1ccc(OC(F)(F)F)cc1NC(=O)C(NC(=O)OC(C)(C)C)C1CCOC1. The van der Waals surface area contributed by atoms with Crippen LogP contribution in [0.2, 0.25) is 0 Å². The van der Waals surface area contributed by atoms with Crippen molar-refractivity contribution in [2.75, 3.05) is 44.1 Å². The summed E-state index contributed by atoms with van der Waals surface area (Å²) >= 11 is 0. The summed E-state index contributed by atoms with van der Waals surface area (Å²) in [4.78, 5) is 25.4. The van der Waals surface area contributed by atoms with Crippen molar-refractivity contribution in [2.24, 2.45) is 5.92 Å². The third-order valence-corrected chi connectivity index (χ3v) is 4.50. The fraction of sp³-hybridized carbons (Fsp3) is 0.619. The van der Waals surface area contributed by atoms with Gasteiger partial charge in [-0.3, -0.25) is 4.79 Å². The fourth-order valence-electron chi connectivity index (χ4n) is 3.12. The van der Waals surface area contributed by atoms with Gasteiger partial charge in [-0.15, -0.1) is 13.2 Å². The molecule has 3 N–H and O–H groups in total. The molecular weight excluding hydrogens is 447 g/mol. The zero-order valence-electron chi connectivity index (χ0n) is 19.0.